The van der Waals surface area contributed by atoms with Crippen molar-refractivity contribution in [3.63, 3.8) is 0 Å². The molecule has 0 saturated carbocycles. The molecule has 0 fully saturated rings. The van der Waals surface area contributed by atoms with Crippen LogP contribution in [0.1, 0.15) is 51.6 Å². The van der Waals surface area contributed by atoms with Crippen LogP contribution >= 0.6 is 11.8 Å². The fourth-order valence-corrected chi connectivity index (χ4v) is 5.90. The third kappa shape index (κ3) is 4.53. The van der Waals surface area contributed by atoms with E-state index in [4.69, 9.17) is 0 Å². The molecule has 34 heavy (non-hydrogen) atoms. The molecule has 1 atom stereocenters. The van der Waals surface area contributed by atoms with E-state index in [1.807, 2.05) is 26.0 Å². The molecule has 3 aromatic rings. The summed E-state index contributed by atoms with van der Waals surface area (Å²) >= 11 is 1.68. The number of urea groups is 1. The van der Waals surface area contributed by atoms with Crippen molar-refractivity contribution in [2.75, 3.05) is 22.5 Å². The van der Waals surface area contributed by atoms with Gasteiger partial charge in [-0.2, -0.15) is 0 Å². The van der Waals surface area contributed by atoms with Crippen LogP contribution in [0.15, 0.2) is 59.6 Å². The van der Waals surface area contributed by atoms with Gasteiger partial charge in [0.05, 0.1) is 11.7 Å². The third-order valence-electron chi connectivity index (χ3n) is 6.42. The van der Waals surface area contributed by atoms with Crippen molar-refractivity contribution >= 4 is 35.1 Å². The van der Waals surface area contributed by atoms with Crippen LogP contribution in [0, 0.1) is 13.8 Å². The summed E-state index contributed by atoms with van der Waals surface area (Å²) in [5.74, 6) is 0.707. The van der Waals surface area contributed by atoms with Gasteiger partial charge < -0.3 is 10.6 Å². The lowest BCUT2D eigenvalue weighted by molar-refractivity contribution is 0.0932. The summed E-state index contributed by atoms with van der Waals surface area (Å²) < 4.78 is 0. The Labute approximate surface area is 204 Å². The fourth-order valence-electron chi connectivity index (χ4n) is 4.81. The molecule has 2 aromatic carbocycles. The van der Waals surface area contributed by atoms with E-state index in [9.17, 15) is 9.59 Å². The monoisotopic (exact) mass is 472 g/mol. The molecule has 2 N–H and O–H groups in total. The normalized spacial score (nSPS) is 16.9. The van der Waals surface area contributed by atoms with Crippen LogP contribution in [-0.4, -0.2) is 29.2 Å². The minimum absolute atomic E-state index is 0.0364. The summed E-state index contributed by atoms with van der Waals surface area (Å²) in [5.41, 5.74) is 6.64. The molecule has 0 bridgehead atoms. The molecule has 0 saturated heterocycles. The average Bonchev–Trinajstić information content (AvgIpc) is 2.84. The average molecular weight is 473 g/mol. The van der Waals surface area contributed by atoms with Crippen molar-refractivity contribution in [2.24, 2.45) is 0 Å². The van der Waals surface area contributed by atoms with Crippen molar-refractivity contribution in [3.8, 4) is 0 Å². The molecular formula is C27H28N4O2S. The number of thioether (sulfide) groups is 1. The lowest BCUT2D eigenvalue weighted by Gasteiger charge is -2.30. The summed E-state index contributed by atoms with van der Waals surface area (Å²) in [4.78, 5) is 32.3. The molecule has 174 valence electrons. The Morgan fingerprint density at radius 2 is 1.88 bits per heavy atom. The summed E-state index contributed by atoms with van der Waals surface area (Å²) in [6.45, 7) is 4.60. The van der Waals surface area contributed by atoms with Crippen LogP contribution in [0.25, 0.3) is 0 Å². The number of carbonyl (C=O) groups is 2. The molecule has 0 unspecified atom stereocenters. The number of hydrogen-bond donors (Lipinski definition) is 2. The molecule has 3 amide bonds. The molecule has 1 aliphatic heterocycles. The van der Waals surface area contributed by atoms with Gasteiger partial charge in [0.25, 0.3) is 5.91 Å². The van der Waals surface area contributed by atoms with Crippen LogP contribution in [0.3, 0.4) is 0 Å². The van der Waals surface area contributed by atoms with Crippen molar-refractivity contribution in [2.45, 2.75) is 44.2 Å². The van der Waals surface area contributed by atoms with Gasteiger partial charge in [0.1, 0.15) is 5.03 Å². The lowest BCUT2D eigenvalue weighted by atomic mass is 9.87. The SMILES string of the molecule is Cc1cc(C)c2c(n1)SCCN2C(=O)Nc1ccc(C(=O)N[C@@H]2CCCc3ccccc32)cc1. The van der Waals surface area contributed by atoms with E-state index in [-0.39, 0.29) is 18.0 Å². The summed E-state index contributed by atoms with van der Waals surface area (Å²) in [6.07, 6.45) is 3.08. The highest BCUT2D eigenvalue weighted by atomic mass is 32.2. The van der Waals surface area contributed by atoms with Crippen molar-refractivity contribution < 1.29 is 9.59 Å². The van der Waals surface area contributed by atoms with E-state index >= 15 is 0 Å². The Morgan fingerprint density at radius 1 is 1.09 bits per heavy atom. The fraction of sp³-hybridized carbons (Fsp3) is 0.296. The van der Waals surface area contributed by atoms with Crippen LogP contribution in [0.2, 0.25) is 0 Å². The minimum atomic E-state index is -0.189. The zero-order chi connectivity index (χ0) is 23.7. The first-order chi connectivity index (χ1) is 16.5. The number of anilines is 2. The molecule has 7 heteroatoms. The quantitative estimate of drug-likeness (QED) is 0.517. The van der Waals surface area contributed by atoms with Crippen LogP contribution < -0.4 is 15.5 Å². The molecule has 0 radical (unpaired) electrons. The molecule has 5 rings (SSSR count). The smallest absolute Gasteiger partial charge is 0.326 e. The second kappa shape index (κ2) is 9.50. The van der Waals surface area contributed by atoms with Crippen molar-refractivity contribution in [1.82, 2.24) is 10.3 Å². The highest BCUT2D eigenvalue weighted by Crippen LogP contribution is 2.36. The van der Waals surface area contributed by atoms with Gasteiger partial charge >= 0.3 is 6.03 Å². The predicted molar refractivity (Wildman–Crippen MR) is 137 cm³/mol. The number of amides is 3. The lowest BCUT2D eigenvalue weighted by Crippen LogP contribution is -2.39. The number of nitrogens with one attached hydrogen (secondary N) is 2. The zero-order valence-corrected chi connectivity index (χ0v) is 20.2. The van der Waals surface area contributed by atoms with Crippen molar-refractivity contribution in [3.05, 3.63) is 82.5 Å². The standard InChI is InChI=1S/C27H28N4O2S/c1-17-16-18(2)28-26-24(17)31(14-15-34-26)27(33)29-21-12-10-20(11-13-21)25(32)30-23-9-5-7-19-6-3-4-8-22(19)23/h3-4,6,8,10-13,16,23H,5,7,9,14-15H2,1-2H3,(H,29,33)(H,30,32)/t23-/m1/s1. The predicted octanol–water partition coefficient (Wildman–Crippen LogP) is 5.65. The second-order valence-corrected chi connectivity index (χ2v) is 9.94. The Balaban J connectivity index is 1.26. The Morgan fingerprint density at radius 3 is 2.71 bits per heavy atom. The first-order valence-electron chi connectivity index (χ1n) is 11.7. The van der Waals surface area contributed by atoms with Gasteiger partial charge in [-0.05, 0) is 80.1 Å². The van der Waals surface area contributed by atoms with Gasteiger partial charge in [0.2, 0.25) is 0 Å². The first kappa shape index (κ1) is 22.5. The number of benzene rings is 2. The highest BCUT2D eigenvalue weighted by molar-refractivity contribution is 7.99. The molecule has 2 heterocycles. The molecule has 1 aliphatic carbocycles. The maximum atomic E-state index is 13.1. The topological polar surface area (TPSA) is 74.3 Å². The number of hydrogen-bond acceptors (Lipinski definition) is 4. The number of aryl methyl sites for hydroxylation is 3. The van der Waals surface area contributed by atoms with Crippen molar-refractivity contribution in [1.29, 1.82) is 0 Å². The molecular weight excluding hydrogens is 444 g/mol. The zero-order valence-electron chi connectivity index (χ0n) is 19.4. The maximum Gasteiger partial charge on any atom is 0.326 e. The third-order valence-corrected chi connectivity index (χ3v) is 7.37. The Kier molecular flexibility index (Phi) is 6.28. The molecule has 0 spiro atoms. The van der Waals surface area contributed by atoms with Gasteiger partial charge in [-0.15, -0.1) is 11.8 Å². The van der Waals surface area contributed by atoms with Gasteiger partial charge in [-0.25, -0.2) is 9.78 Å². The van der Waals surface area contributed by atoms with Gasteiger partial charge in [0.15, 0.2) is 0 Å². The van der Waals surface area contributed by atoms with Gasteiger partial charge in [0, 0.05) is 29.2 Å². The summed E-state index contributed by atoms with van der Waals surface area (Å²) in [7, 11) is 0. The summed E-state index contributed by atoms with van der Waals surface area (Å²) in [6, 6.07) is 17.3. The Hall–Kier alpha value is -3.32. The number of pyridine rings is 1. The number of carbonyl (C=O) groups excluding carboxylic acids is 2. The number of rotatable bonds is 3. The van der Waals surface area contributed by atoms with Gasteiger partial charge in [-0.1, -0.05) is 24.3 Å². The number of nitrogens with zero attached hydrogens (tertiary/aromatic N) is 2. The van der Waals surface area contributed by atoms with E-state index in [1.165, 1.54) is 11.1 Å². The minimum Gasteiger partial charge on any atom is -0.345 e. The van der Waals surface area contributed by atoms with Crippen LogP contribution in [0.4, 0.5) is 16.2 Å². The number of fused-ring (bicyclic) bond motifs is 2. The van der Waals surface area contributed by atoms with E-state index in [1.54, 1.807) is 40.9 Å². The van der Waals surface area contributed by atoms with E-state index in [0.29, 0.717) is 17.8 Å². The molecule has 2 aliphatic rings. The van der Waals surface area contributed by atoms with E-state index in [0.717, 1.165) is 47.0 Å². The first-order valence-corrected chi connectivity index (χ1v) is 12.7. The largest absolute Gasteiger partial charge is 0.345 e. The van der Waals surface area contributed by atoms with E-state index in [2.05, 4.69) is 33.8 Å². The second-order valence-electron chi connectivity index (χ2n) is 8.86. The van der Waals surface area contributed by atoms with E-state index < -0.39 is 0 Å². The number of aromatic nitrogens is 1. The Bertz CT molecular complexity index is 1240. The summed E-state index contributed by atoms with van der Waals surface area (Å²) in [5, 5.41) is 7.05. The van der Waals surface area contributed by atoms with Crippen LogP contribution in [0.5, 0.6) is 0 Å². The van der Waals surface area contributed by atoms with Crippen LogP contribution in [-0.2, 0) is 6.42 Å². The molecule has 6 nitrogen and oxygen atoms in total. The molecule has 1 aromatic heterocycles. The highest BCUT2D eigenvalue weighted by Gasteiger charge is 2.26. The maximum absolute atomic E-state index is 13.1. The van der Waals surface area contributed by atoms with Gasteiger partial charge in [-0.3, -0.25) is 9.69 Å².